The Balaban J connectivity index is 1.98. The van der Waals surface area contributed by atoms with Crippen LogP contribution in [-0.2, 0) is 5.41 Å². The fraction of sp³-hybridized carbons (Fsp3) is 0.0909. The molecule has 0 bridgehead atoms. The lowest BCUT2D eigenvalue weighted by atomic mass is 9.70. The van der Waals surface area contributed by atoms with Crippen molar-refractivity contribution in [1.82, 2.24) is 0 Å². The van der Waals surface area contributed by atoms with Crippen LogP contribution >= 0.6 is 0 Å². The zero-order valence-electron chi connectivity index (χ0n) is 20.4. The van der Waals surface area contributed by atoms with Crippen molar-refractivity contribution < 1.29 is 19.8 Å². The van der Waals surface area contributed by atoms with E-state index in [1.165, 1.54) is 12.1 Å². The van der Waals surface area contributed by atoms with Crippen LogP contribution in [0.3, 0.4) is 0 Å². The van der Waals surface area contributed by atoms with Crippen molar-refractivity contribution >= 4 is 11.9 Å². The molecular formula is C33H24O4. The lowest BCUT2D eigenvalue weighted by Gasteiger charge is -2.31. The highest BCUT2D eigenvalue weighted by molar-refractivity contribution is 5.94. The second-order valence-electron chi connectivity index (χ2n) is 8.92. The molecule has 37 heavy (non-hydrogen) atoms. The van der Waals surface area contributed by atoms with Crippen LogP contribution in [0.2, 0.25) is 0 Å². The average Bonchev–Trinajstić information content (AvgIpc) is 2.91. The Labute approximate surface area is 216 Å². The summed E-state index contributed by atoms with van der Waals surface area (Å²) in [5.74, 6) is 10.2. The normalized spacial score (nSPS) is 10.4. The molecule has 0 heterocycles. The maximum Gasteiger partial charge on any atom is 0.336 e. The molecule has 0 saturated carbocycles. The van der Waals surface area contributed by atoms with Crippen molar-refractivity contribution in [3.05, 3.63) is 142 Å². The van der Waals surface area contributed by atoms with Crippen LogP contribution in [0.1, 0.15) is 67.9 Å². The predicted molar refractivity (Wildman–Crippen MR) is 144 cm³/mol. The minimum Gasteiger partial charge on any atom is -0.478 e. The second kappa shape index (κ2) is 10.7. The van der Waals surface area contributed by atoms with Gasteiger partial charge in [-0.25, -0.2) is 9.59 Å². The number of benzene rings is 4. The van der Waals surface area contributed by atoms with Gasteiger partial charge in [0.2, 0.25) is 0 Å². The summed E-state index contributed by atoms with van der Waals surface area (Å²) < 4.78 is 0. The summed E-state index contributed by atoms with van der Waals surface area (Å²) in [5.41, 5.74) is 2.51. The zero-order valence-corrected chi connectivity index (χ0v) is 20.4. The SMILES string of the molecule is CC(C)(c1c(C#Cc2ccccc2)cccc1C(=O)O)c1c(C#Cc2ccccc2)cccc1C(=O)O. The highest BCUT2D eigenvalue weighted by atomic mass is 16.4. The van der Waals surface area contributed by atoms with Crippen molar-refractivity contribution in [2.45, 2.75) is 19.3 Å². The fourth-order valence-electron chi connectivity index (χ4n) is 4.46. The third-order valence-corrected chi connectivity index (χ3v) is 6.07. The molecule has 4 aromatic rings. The predicted octanol–water partition coefficient (Wildman–Crippen LogP) is 6.21. The molecule has 4 heteroatoms. The molecule has 0 aromatic heterocycles. The summed E-state index contributed by atoms with van der Waals surface area (Å²) in [6.07, 6.45) is 0. The van der Waals surface area contributed by atoms with Crippen LogP contribution in [0, 0.1) is 23.7 Å². The van der Waals surface area contributed by atoms with E-state index in [-0.39, 0.29) is 11.1 Å². The van der Waals surface area contributed by atoms with Crippen molar-refractivity contribution in [2.75, 3.05) is 0 Å². The number of hydrogen-bond donors (Lipinski definition) is 2. The van der Waals surface area contributed by atoms with Crippen LogP contribution < -0.4 is 0 Å². The molecule has 2 N–H and O–H groups in total. The van der Waals surface area contributed by atoms with Crippen molar-refractivity contribution in [3.8, 4) is 23.7 Å². The minimum atomic E-state index is -1.11. The van der Waals surface area contributed by atoms with Crippen molar-refractivity contribution in [1.29, 1.82) is 0 Å². The zero-order chi connectivity index (χ0) is 26.4. The van der Waals surface area contributed by atoms with Gasteiger partial charge in [-0.3, -0.25) is 0 Å². The molecule has 4 nitrogen and oxygen atoms in total. The monoisotopic (exact) mass is 484 g/mol. The number of carboxylic acids is 2. The third-order valence-electron chi connectivity index (χ3n) is 6.07. The Hall–Kier alpha value is -5.06. The topological polar surface area (TPSA) is 74.6 Å². The number of hydrogen-bond acceptors (Lipinski definition) is 2. The lowest BCUT2D eigenvalue weighted by molar-refractivity contribution is 0.0686. The van der Waals surface area contributed by atoms with Gasteiger partial charge in [0.25, 0.3) is 0 Å². The van der Waals surface area contributed by atoms with Crippen LogP contribution in [0.5, 0.6) is 0 Å². The average molecular weight is 485 g/mol. The third kappa shape index (κ3) is 5.45. The van der Waals surface area contributed by atoms with E-state index < -0.39 is 17.4 Å². The lowest BCUT2D eigenvalue weighted by Crippen LogP contribution is -2.28. The van der Waals surface area contributed by atoms with E-state index in [0.717, 1.165) is 11.1 Å². The minimum absolute atomic E-state index is 0.0621. The molecule has 0 unspecified atom stereocenters. The van der Waals surface area contributed by atoms with Gasteiger partial charge in [0.05, 0.1) is 11.1 Å². The van der Waals surface area contributed by atoms with E-state index in [9.17, 15) is 19.8 Å². The summed E-state index contributed by atoms with van der Waals surface area (Å²) in [6.45, 7) is 3.63. The molecule has 180 valence electrons. The standard InChI is InChI=1S/C33H24O4/c1-33(2,29-25(15-9-17-27(29)31(34)35)21-19-23-11-5-3-6-12-23)30-26(16-10-18-28(30)32(36)37)22-20-24-13-7-4-8-14-24/h3-18H,1-2H3,(H,34,35)(H,36,37). The molecule has 4 rings (SSSR count). The molecule has 0 aliphatic rings. The number of carbonyl (C=O) groups is 2. The smallest absolute Gasteiger partial charge is 0.336 e. The first-order chi connectivity index (χ1) is 17.8. The first kappa shape index (κ1) is 25.0. The summed E-state index contributed by atoms with van der Waals surface area (Å²) >= 11 is 0. The van der Waals surface area contributed by atoms with Crippen LogP contribution in [0.25, 0.3) is 0 Å². The largest absolute Gasteiger partial charge is 0.478 e. The van der Waals surface area contributed by atoms with Gasteiger partial charge >= 0.3 is 11.9 Å². The molecule has 0 aliphatic carbocycles. The molecule has 0 saturated heterocycles. The highest BCUT2D eigenvalue weighted by Gasteiger charge is 2.35. The Morgan fingerprint density at radius 2 is 0.919 bits per heavy atom. The summed E-state index contributed by atoms with van der Waals surface area (Å²) in [4.78, 5) is 24.7. The summed E-state index contributed by atoms with van der Waals surface area (Å²) in [6, 6.07) is 28.6. The number of aromatic carboxylic acids is 2. The maximum atomic E-state index is 12.3. The first-order valence-electron chi connectivity index (χ1n) is 11.7. The van der Waals surface area contributed by atoms with Gasteiger partial charge in [0, 0.05) is 27.7 Å². The Kier molecular flexibility index (Phi) is 7.23. The molecule has 0 amide bonds. The van der Waals surface area contributed by atoms with Gasteiger partial charge in [0.1, 0.15) is 0 Å². The van der Waals surface area contributed by atoms with Gasteiger partial charge < -0.3 is 10.2 Å². The first-order valence-corrected chi connectivity index (χ1v) is 11.7. The molecule has 0 radical (unpaired) electrons. The molecular weight excluding hydrogens is 460 g/mol. The van der Waals surface area contributed by atoms with Gasteiger partial charge in [-0.2, -0.15) is 0 Å². The van der Waals surface area contributed by atoms with Gasteiger partial charge in [-0.1, -0.05) is 86.1 Å². The Morgan fingerprint density at radius 1 is 0.541 bits per heavy atom. The van der Waals surface area contributed by atoms with Crippen LogP contribution in [0.4, 0.5) is 0 Å². The van der Waals surface area contributed by atoms with E-state index in [1.54, 1.807) is 24.3 Å². The van der Waals surface area contributed by atoms with Crippen molar-refractivity contribution in [3.63, 3.8) is 0 Å². The van der Waals surface area contributed by atoms with Gasteiger partial charge in [0.15, 0.2) is 0 Å². The molecule has 0 fully saturated rings. The summed E-state index contributed by atoms with van der Waals surface area (Å²) in [5, 5.41) is 20.2. The highest BCUT2D eigenvalue weighted by Crippen LogP contribution is 2.39. The van der Waals surface area contributed by atoms with Gasteiger partial charge in [-0.15, -0.1) is 0 Å². The van der Waals surface area contributed by atoms with Crippen molar-refractivity contribution in [2.24, 2.45) is 0 Å². The second-order valence-corrected chi connectivity index (χ2v) is 8.92. The van der Waals surface area contributed by atoms with E-state index in [2.05, 4.69) is 23.7 Å². The van der Waals surface area contributed by atoms with E-state index >= 15 is 0 Å². The Bertz CT molecular complexity index is 1470. The van der Waals surface area contributed by atoms with E-state index in [4.69, 9.17) is 0 Å². The van der Waals surface area contributed by atoms with Crippen LogP contribution in [-0.4, -0.2) is 22.2 Å². The fourth-order valence-corrected chi connectivity index (χ4v) is 4.46. The van der Waals surface area contributed by atoms with Gasteiger partial charge in [-0.05, 0) is 59.7 Å². The van der Waals surface area contributed by atoms with E-state index in [1.807, 2.05) is 74.5 Å². The van der Waals surface area contributed by atoms with E-state index in [0.29, 0.717) is 22.3 Å². The molecule has 0 spiro atoms. The number of carboxylic acid groups (broad SMARTS) is 2. The maximum absolute atomic E-state index is 12.3. The molecule has 0 aliphatic heterocycles. The molecule has 4 aromatic carbocycles. The Morgan fingerprint density at radius 3 is 1.27 bits per heavy atom. The summed E-state index contributed by atoms with van der Waals surface area (Å²) in [7, 11) is 0. The quantitative estimate of drug-likeness (QED) is 0.338. The number of rotatable bonds is 4. The van der Waals surface area contributed by atoms with Crippen LogP contribution in [0.15, 0.2) is 97.1 Å². The molecule has 0 atom stereocenters.